The van der Waals surface area contributed by atoms with Gasteiger partial charge in [-0.2, -0.15) is 0 Å². The average molecular weight is 426 g/mol. The van der Waals surface area contributed by atoms with Crippen LogP contribution in [0.5, 0.6) is 0 Å². The van der Waals surface area contributed by atoms with Crippen LogP contribution in [0.15, 0.2) is 54.6 Å². The van der Waals surface area contributed by atoms with Gasteiger partial charge in [-0.25, -0.2) is 0 Å². The summed E-state index contributed by atoms with van der Waals surface area (Å²) in [6.45, 7) is 2.45. The molecule has 0 spiro atoms. The standard InChI is InChI=1S/C24H28ClN3O2/c1-26-23(30)24-13-20(27-22(29)11-18-9-5-6-10-21(18)25)12-19(24)15-28(16-24)14-17-7-3-2-4-8-17/h2-10,19-20H,11-16H2,1H3,(H,26,30)(H,27,29)/t19-,20-,24-/m0/s1. The molecule has 1 aliphatic heterocycles. The lowest BCUT2D eigenvalue weighted by atomic mass is 9.80. The number of nitrogens with zero attached hydrogens (tertiary/aromatic N) is 1. The smallest absolute Gasteiger partial charge is 0.227 e. The SMILES string of the molecule is CNC(=O)[C@]12C[C@@H](NC(=O)Cc3ccccc3Cl)C[C@H]1CN(Cc1ccccc1)C2. The fourth-order valence-electron chi connectivity index (χ4n) is 5.24. The molecule has 3 atom stereocenters. The first kappa shape index (κ1) is 20.9. The molecule has 0 unspecified atom stereocenters. The normalized spacial score (nSPS) is 25.7. The predicted molar refractivity (Wildman–Crippen MR) is 118 cm³/mol. The molecule has 30 heavy (non-hydrogen) atoms. The monoisotopic (exact) mass is 425 g/mol. The second-order valence-electron chi connectivity index (χ2n) is 8.56. The number of fused-ring (bicyclic) bond motifs is 1. The number of halogens is 1. The van der Waals surface area contributed by atoms with Crippen molar-refractivity contribution in [2.24, 2.45) is 11.3 Å². The van der Waals surface area contributed by atoms with Crippen molar-refractivity contribution in [3.63, 3.8) is 0 Å². The third-order valence-corrected chi connectivity index (χ3v) is 6.92. The minimum atomic E-state index is -0.439. The molecule has 2 N–H and O–H groups in total. The molecule has 1 aliphatic carbocycles. The Hall–Kier alpha value is -2.37. The lowest BCUT2D eigenvalue weighted by Gasteiger charge is -2.27. The van der Waals surface area contributed by atoms with Gasteiger partial charge in [0.15, 0.2) is 0 Å². The Labute approximate surface area is 182 Å². The zero-order chi connectivity index (χ0) is 21.1. The van der Waals surface area contributed by atoms with Crippen LogP contribution < -0.4 is 10.6 Å². The van der Waals surface area contributed by atoms with Crippen LogP contribution in [0.25, 0.3) is 0 Å². The number of hydrogen-bond acceptors (Lipinski definition) is 3. The lowest BCUT2D eigenvalue weighted by molar-refractivity contribution is -0.131. The molecule has 2 aromatic carbocycles. The summed E-state index contributed by atoms with van der Waals surface area (Å²) in [4.78, 5) is 27.9. The summed E-state index contributed by atoms with van der Waals surface area (Å²) in [5.41, 5.74) is 1.64. The Morgan fingerprint density at radius 2 is 1.87 bits per heavy atom. The highest BCUT2D eigenvalue weighted by molar-refractivity contribution is 6.31. The summed E-state index contributed by atoms with van der Waals surface area (Å²) in [5, 5.41) is 6.64. The molecule has 5 nitrogen and oxygen atoms in total. The topological polar surface area (TPSA) is 61.4 Å². The third-order valence-electron chi connectivity index (χ3n) is 6.55. The molecule has 2 amide bonds. The molecule has 1 heterocycles. The Kier molecular flexibility index (Phi) is 6.11. The van der Waals surface area contributed by atoms with E-state index in [9.17, 15) is 9.59 Å². The summed E-state index contributed by atoms with van der Waals surface area (Å²) < 4.78 is 0. The molecule has 1 saturated heterocycles. The predicted octanol–water partition coefficient (Wildman–Crippen LogP) is 3.03. The second kappa shape index (κ2) is 8.78. The molecule has 158 valence electrons. The molecule has 1 saturated carbocycles. The van der Waals surface area contributed by atoms with E-state index in [1.807, 2.05) is 36.4 Å². The maximum Gasteiger partial charge on any atom is 0.227 e. The maximum absolute atomic E-state index is 12.9. The molecule has 0 radical (unpaired) electrons. The highest BCUT2D eigenvalue weighted by Gasteiger charge is 2.57. The van der Waals surface area contributed by atoms with E-state index in [2.05, 4.69) is 27.7 Å². The van der Waals surface area contributed by atoms with Gasteiger partial charge in [-0.05, 0) is 36.0 Å². The van der Waals surface area contributed by atoms with E-state index < -0.39 is 5.41 Å². The van der Waals surface area contributed by atoms with Crippen molar-refractivity contribution in [1.82, 2.24) is 15.5 Å². The number of hydrogen-bond donors (Lipinski definition) is 2. The van der Waals surface area contributed by atoms with Crippen LogP contribution >= 0.6 is 11.6 Å². The molecule has 6 heteroatoms. The second-order valence-corrected chi connectivity index (χ2v) is 8.97. The Bertz CT molecular complexity index is 920. The molecular weight excluding hydrogens is 398 g/mol. The molecule has 0 aromatic heterocycles. The zero-order valence-corrected chi connectivity index (χ0v) is 18.0. The third kappa shape index (κ3) is 4.23. The minimum absolute atomic E-state index is 0.0150. The number of amides is 2. The number of carbonyl (C=O) groups excluding carboxylic acids is 2. The summed E-state index contributed by atoms with van der Waals surface area (Å²) in [7, 11) is 1.71. The van der Waals surface area contributed by atoms with Gasteiger partial charge < -0.3 is 10.6 Å². The fourth-order valence-corrected chi connectivity index (χ4v) is 5.44. The van der Waals surface area contributed by atoms with Crippen LogP contribution in [0.1, 0.15) is 24.0 Å². The van der Waals surface area contributed by atoms with Crippen molar-refractivity contribution in [2.75, 3.05) is 20.1 Å². The highest BCUT2D eigenvalue weighted by atomic mass is 35.5. The maximum atomic E-state index is 12.9. The largest absolute Gasteiger partial charge is 0.359 e. The van der Waals surface area contributed by atoms with E-state index >= 15 is 0 Å². The van der Waals surface area contributed by atoms with Crippen molar-refractivity contribution in [3.8, 4) is 0 Å². The van der Waals surface area contributed by atoms with Gasteiger partial charge in [0.2, 0.25) is 11.8 Å². The van der Waals surface area contributed by atoms with Gasteiger partial charge in [-0.3, -0.25) is 14.5 Å². The highest BCUT2D eigenvalue weighted by Crippen LogP contribution is 2.49. The van der Waals surface area contributed by atoms with Gasteiger partial charge in [0, 0.05) is 37.7 Å². The molecule has 2 fully saturated rings. The lowest BCUT2D eigenvalue weighted by Crippen LogP contribution is -2.44. The van der Waals surface area contributed by atoms with Crippen LogP contribution in [0.3, 0.4) is 0 Å². The summed E-state index contributed by atoms with van der Waals surface area (Å²) in [6, 6.07) is 17.8. The average Bonchev–Trinajstić information content (AvgIpc) is 3.23. The number of nitrogens with one attached hydrogen (secondary N) is 2. The number of benzene rings is 2. The number of likely N-dealkylation sites (tertiary alicyclic amines) is 1. The van der Waals surface area contributed by atoms with Crippen molar-refractivity contribution < 1.29 is 9.59 Å². The van der Waals surface area contributed by atoms with Gasteiger partial charge in [0.1, 0.15) is 0 Å². The van der Waals surface area contributed by atoms with Crippen LogP contribution in [-0.2, 0) is 22.6 Å². The first-order chi connectivity index (χ1) is 14.5. The van der Waals surface area contributed by atoms with Crippen LogP contribution in [0.2, 0.25) is 5.02 Å². The van der Waals surface area contributed by atoms with E-state index in [1.165, 1.54) is 5.56 Å². The van der Waals surface area contributed by atoms with Crippen molar-refractivity contribution in [2.45, 2.75) is 31.8 Å². The van der Waals surface area contributed by atoms with E-state index in [0.29, 0.717) is 11.4 Å². The van der Waals surface area contributed by atoms with Gasteiger partial charge in [0.05, 0.1) is 11.8 Å². The van der Waals surface area contributed by atoms with Crippen LogP contribution in [-0.4, -0.2) is 42.9 Å². The first-order valence-corrected chi connectivity index (χ1v) is 10.9. The van der Waals surface area contributed by atoms with Gasteiger partial charge in [0.25, 0.3) is 0 Å². The Balaban J connectivity index is 1.41. The summed E-state index contributed by atoms with van der Waals surface area (Å²) >= 11 is 6.19. The van der Waals surface area contributed by atoms with E-state index in [4.69, 9.17) is 11.6 Å². The Morgan fingerprint density at radius 1 is 1.13 bits per heavy atom. The van der Waals surface area contributed by atoms with Crippen molar-refractivity contribution in [1.29, 1.82) is 0 Å². The number of rotatable bonds is 6. The molecule has 0 bridgehead atoms. The molecule has 4 rings (SSSR count). The minimum Gasteiger partial charge on any atom is -0.359 e. The van der Waals surface area contributed by atoms with E-state index in [-0.39, 0.29) is 30.2 Å². The van der Waals surface area contributed by atoms with Crippen LogP contribution in [0, 0.1) is 11.3 Å². The van der Waals surface area contributed by atoms with Gasteiger partial charge in [-0.15, -0.1) is 0 Å². The van der Waals surface area contributed by atoms with Crippen LogP contribution in [0.4, 0.5) is 0 Å². The number of carbonyl (C=O) groups is 2. The van der Waals surface area contributed by atoms with Crippen molar-refractivity contribution in [3.05, 3.63) is 70.7 Å². The zero-order valence-electron chi connectivity index (χ0n) is 17.2. The molecule has 2 aliphatic rings. The van der Waals surface area contributed by atoms with E-state index in [1.54, 1.807) is 13.1 Å². The van der Waals surface area contributed by atoms with E-state index in [0.717, 1.165) is 31.6 Å². The summed E-state index contributed by atoms with van der Waals surface area (Å²) in [6.07, 6.45) is 1.76. The summed E-state index contributed by atoms with van der Waals surface area (Å²) in [5.74, 6) is 0.291. The fraction of sp³-hybridized carbons (Fsp3) is 0.417. The van der Waals surface area contributed by atoms with Gasteiger partial charge in [-0.1, -0.05) is 60.1 Å². The quantitative estimate of drug-likeness (QED) is 0.747. The Morgan fingerprint density at radius 3 is 2.60 bits per heavy atom. The van der Waals surface area contributed by atoms with Crippen molar-refractivity contribution >= 4 is 23.4 Å². The van der Waals surface area contributed by atoms with Gasteiger partial charge >= 0.3 is 0 Å². The first-order valence-electron chi connectivity index (χ1n) is 10.5. The molecule has 2 aromatic rings. The molecular formula is C24H28ClN3O2.